The number of carboxylic acids is 1. The molecule has 0 unspecified atom stereocenters. The Labute approximate surface area is 114 Å². The van der Waals surface area contributed by atoms with Crippen molar-refractivity contribution in [3.8, 4) is 5.75 Å². The Morgan fingerprint density at radius 2 is 2.00 bits per heavy atom. The Bertz CT molecular complexity index is 683. The molecule has 1 aromatic heterocycles. The van der Waals surface area contributed by atoms with Gasteiger partial charge in [-0.2, -0.15) is 0 Å². The number of hydrogen-bond donors (Lipinski definition) is 3. The first kappa shape index (κ1) is 13.5. The van der Waals surface area contributed by atoms with E-state index in [1.165, 1.54) is 24.4 Å². The Morgan fingerprint density at radius 3 is 2.65 bits per heavy atom. The van der Waals surface area contributed by atoms with Crippen molar-refractivity contribution in [3.63, 3.8) is 0 Å². The monoisotopic (exact) mass is 272 g/mol. The molecular weight excluding hydrogens is 260 g/mol. The summed E-state index contributed by atoms with van der Waals surface area (Å²) in [5.74, 6) is -1.74. The lowest BCUT2D eigenvalue weighted by Gasteiger charge is -2.08. The number of phenolic OH excluding ortho intramolecular Hbond substituents is 1. The van der Waals surface area contributed by atoms with E-state index in [2.05, 4.69) is 10.3 Å². The van der Waals surface area contributed by atoms with Crippen LogP contribution in [0.3, 0.4) is 0 Å². The first-order chi connectivity index (χ1) is 9.49. The van der Waals surface area contributed by atoms with E-state index in [9.17, 15) is 14.7 Å². The SMILES string of the molecule is Cc1ccc(C(=O)Nc2cccnc2C(=O)O)cc1O. The molecule has 0 atom stereocenters. The van der Waals surface area contributed by atoms with Crippen molar-refractivity contribution in [1.29, 1.82) is 0 Å². The number of carbonyl (C=O) groups is 2. The van der Waals surface area contributed by atoms with E-state index in [0.29, 0.717) is 5.56 Å². The number of carbonyl (C=O) groups excluding carboxylic acids is 1. The van der Waals surface area contributed by atoms with Crippen LogP contribution in [-0.4, -0.2) is 27.1 Å². The number of hydrogen-bond acceptors (Lipinski definition) is 4. The van der Waals surface area contributed by atoms with Gasteiger partial charge in [0.15, 0.2) is 5.69 Å². The molecule has 3 N–H and O–H groups in total. The molecule has 1 aromatic carbocycles. The Hall–Kier alpha value is -2.89. The molecule has 6 heteroatoms. The topological polar surface area (TPSA) is 99.5 Å². The van der Waals surface area contributed by atoms with Crippen molar-refractivity contribution in [2.75, 3.05) is 5.32 Å². The third-order valence-electron chi connectivity index (χ3n) is 2.73. The number of amides is 1. The van der Waals surface area contributed by atoms with Crippen molar-refractivity contribution in [1.82, 2.24) is 4.98 Å². The predicted octanol–water partition coefficient (Wildman–Crippen LogP) is 2.05. The lowest BCUT2D eigenvalue weighted by atomic mass is 10.1. The second-order valence-corrected chi connectivity index (χ2v) is 4.16. The minimum atomic E-state index is -1.23. The highest BCUT2D eigenvalue weighted by molar-refractivity contribution is 6.07. The summed E-state index contributed by atoms with van der Waals surface area (Å²) in [5.41, 5.74) is 0.740. The van der Waals surface area contributed by atoms with Gasteiger partial charge in [0, 0.05) is 11.8 Å². The summed E-state index contributed by atoms with van der Waals surface area (Å²) in [6.45, 7) is 1.71. The van der Waals surface area contributed by atoms with Gasteiger partial charge in [0.1, 0.15) is 5.75 Å². The average Bonchev–Trinajstić information content (AvgIpc) is 2.42. The maximum atomic E-state index is 12.0. The molecule has 1 amide bonds. The number of aromatic hydroxyl groups is 1. The van der Waals surface area contributed by atoms with E-state index in [4.69, 9.17) is 5.11 Å². The highest BCUT2D eigenvalue weighted by atomic mass is 16.4. The van der Waals surface area contributed by atoms with Gasteiger partial charge >= 0.3 is 5.97 Å². The second-order valence-electron chi connectivity index (χ2n) is 4.16. The van der Waals surface area contributed by atoms with Crippen LogP contribution >= 0.6 is 0 Å². The number of anilines is 1. The van der Waals surface area contributed by atoms with Crippen LogP contribution in [0.1, 0.15) is 26.4 Å². The molecule has 2 rings (SSSR count). The van der Waals surface area contributed by atoms with Crippen molar-refractivity contribution < 1.29 is 19.8 Å². The molecule has 0 fully saturated rings. The minimum Gasteiger partial charge on any atom is -0.508 e. The number of rotatable bonds is 3. The summed E-state index contributed by atoms with van der Waals surface area (Å²) in [4.78, 5) is 26.7. The van der Waals surface area contributed by atoms with Gasteiger partial charge in [-0.05, 0) is 36.8 Å². The zero-order chi connectivity index (χ0) is 14.7. The van der Waals surface area contributed by atoms with Crippen LogP contribution in [0.2, 0.25) is 0 Å². The van der Waals surface area contributed by atoms with Gasteiger partial charge in [-0.3, -0.25) is 4.79 Å². The van der Waals surface area contributed by atoms with E-state index in [1.807, 2.05) is 0 Å². The molecule has 0 saturated carbocycles. The number of carboxylic acid groups (broad SMARTS) is 1. The quantitative estimate of drug-likeness (QED) is 0.794. The third-order valence-corrected chi connectivity index (χ3v) is 2.73. The van der Waals surface area contributed by atoms with Crippen LogP contribution in [0.25, 0.3) is 0 Å². The van der Waals surface area contributed by atoms with Gasteiger partial charge in [0.05, 0.1) is 5.69 Å². The van der Waals surface area contributed by atoms with E-state index in [-0.39, 0.29) is 22.7 Å². The van der Waals surface area contributed by atoms with Crippen LogP contribution in [-0.2, 0) is 0 Å². The maximum absolute atomic E-state index is 12.0. The predicted molar refractivity (Wildman–Crippen MR) is 72.0 cm³/mol. The first-order valence-electron chi connectivity index (χ1n) is 5.78. The van der Waals surface area contributed by atoms with Gasteiger partial charge in [0.25, 0.3) is 5.91 Å². The van der Waals surface area contributed by atoms with Crippen LogP contribution in [0, 0.1) is 6.92 Å². The van der Waals surface area contributed by atoms with E-state index in [0.717, 1.165) is 0 Å². The molecular formula is C14H12N2O4. The first-order valence-corrected chi connectivity index (χ1v) is 5.78. The van der Waals surface area contributed by atoms with Gasteiger partial charge in [-0.25, -0.2) is 9.78 Å². The zero-order valence-electron chi connectivity index (χ0n) is 10.6. The smallest absolute Gasteiger partial charge is 0.356 e. The van der Waals surface area contributed by atoms with E-state index in [1.54, 1.807) is 19.1 Å². The molecule has 0 saturated heterocycles. The molecule has 0 radical (unpaired) electrons. The molecule has 20 heavy (non-hydrogen) atoms. The number of nitrogens with one attached hydrogen (secondary N) is 1. The highest BCUT2D eigenvalue weighted by Crippen LogP contribution is 2.19. The third kappa shape index (κ3) is 2.74. The van der Waals surface area contributed by atoms with Crippen molar-refractivity contribution >= 4 is 17.6 Å². The molecule has 0 aliphatic heterocycles. The maximum Gasteiger partial charge on any atom is 0.356 e. The highest BCUT2D eigenvalue weighted by Gasteiger charge is 2.14. The summed E-state index contributed by atoms with van der Waals surface area (Å²) in [5, 5.41) is 21.0. The largest absolute Gasteiger partial charge is 0.508 e. The number of aromatic carboxylic acids is 1. The fourth-order valence-corrected chi connectivity index (χ4v) is 1.62. The summed E-state index contributed by atoms with van der Waals surface area (Å²) >= 11 is 0. The number of aryl methyl sites for hydroxylation is 1. The lowest BCUT2D eigenvalue weighted by Crippen LogP contribution is -2.15. The summed E-state index contributed by atoms with van der Waals surface area (Å²) in [7, 11) is 0. The number of benzene rings is 1. The number of aromatic nitrogens is 1. The molecule has 1 heterocycles. The van der Waals surface area contributed by atoms with Crippen molar-refractivity contribution in [2.24, 2.45) is 0 Å². The average molecular weight is 272 g/mol. The van der Waals surface area contributed by atoms with Gasteiger partial charge in [-0.1, -0.05) is 6.07 Å². The fourth-order valence-electron chi connectivity index (χ4n) is 1.62. The van der Waals surface area contributed by atoms with Crippen molar-refractivity contribution in [2.45, 2.75) is 6.92 Å². The minimum absolute atomic E-state index is 0.00212. The fraction of sp³-hybridized carbons (Fsp3) is 0.0714. The zero-order valence-corrected chi connectivity index (χ0v) is 10.6. The molecule has 0 spiro atoms. The van der Waals surface area contributed by atoms with Gasteiger partial charge in [0.2, 0.25) is 0 Å². The van der Waals surface area contributed by atoms with Gasteiger partial charge in [-0.15, -0.1) is 0 Å². The Kier molecular flexibility index (Phi) is 3.65. The van der Waals surface area contributed by atoms with Crippen LogP contribution in [0.5, 0.6) is 5.75 Å². The standard InChI is InChI=1S/C14H12N2O4/c1-8-4-5-9(7-11(8)17)13(18)16-10-3-2-6-15-12(10)14(19)20/h2-7,17H,1H3,(H,16,18)(H,19,20). The summed E-state index contributed by atoms with van der Waals surface area (Å²) < 4.78 is 0. The van der Waals surface area contributed by atoms with Gasteiger partial charge < -0.3 is 15.5 Å². The lowest BCUT2D eigenvalue weighted by molar-refractivity contribution is 0.0691. The normalized spacial score (nSPS) is 10.1. The molecule has 6 nitrogen and oxygen atoms in total. The molecule has 102 valence electrons. The number of pyridine rings is 1. The summed E-state index contributed by atoms with van der Waals surface area (Å²) in [6.07, 6.45) is 1.33. The molecule has 0 bridgehead atoms. The Morgan fingerprint density at radius 1 is 1.25 bits per heavy atom. The Balaban J connectivity index is 2.28. The van der Waals surface area contributed by atoms with Crippen LogP contribution in [0.4, 0.5) is 5.69 Å². The molecule has 0 aliphatic carbocycles. The second kappa shape index (κ2) is 5.40. The van der Waals surface area contributed by atoms with E-state index >= 15 is 0 Å². The number of nitrogens with zero attached hydrogens (tertiary/aromatic N) is 1. The van der Waals surface area contributed by atoms with Crippen LogP contribution in [0.15, 0.2) is 36.5 Å². The van der Waals surface area contributed by atoms with Crippen LogP contribution < -0.4 is 5.32 Å². The molecule has 2 aromatic rings. The van der Waals surface area contributed by atoms with Crippen molar-refractivity contribution in [3.05, 3.63) is 53.3 Å². The number of phenols is 1. The summed E-state index contributed by atoms with van der Waals surface area (Å²) in [6, 6.07) is 7.44. The molecule has 0 aliphatic rings. The van der Waals surface area contributed by atoms with E-state index < -0.39 is 11.9 Å².